The van der Waals surface area contributed by atoms with Crippen LogP contribution in [0.25, 0.3) is 0 Å². The molecule has 3 fully saturated rings. The highest BCUT2D eigenvalue weighted by molar-refractivity contribution is 5.96. The van der Waals surface area contributed by atoms with Gasteiger partial charge in [-0.25, -0.2) is 0 Å². The molecule has 3 saturated carbocycles. The van der Waals surface area contributed by atoms with Gasteiger partial charge in [-0.15, -0.1) is 0 Å². The van der Waals surface area contributed by atoms with Crippen LogP contribution in [0.3, 0.4) is 0 Å². The molecule has 2 N–H and O–H groups in total. The van der Waals surface area contributed by atoms with E-state index in [1.54, 1.807) is 6.92 Å². The van der Waals surface area contributed by atoms with E-state index in [9.17, 15) is 4.79 Å². The van der Waals surface area contributed by atoms with Gasteiger partial charge in [0.15, 0.2) is 0 Å². The third-order valence-electron chi connectivity index (χ3n) is 8.48. The number of carbonyl (C=O) groups excluding carboxylic acids is 1. The van der Waals surface area contributed by atoms with Crippen LogP contribution < -0.4 is 5.32 Å². The van der Waals surface area contributed by atoms with Gasteiger partial charge in [0, 0.05) is 13.0 Å². The van der Waals surface area contributed by atoms with E-state index in [1.165, 1.54) is 31.3 Å². The van der Waals surface area contributed by atoms with Gasteiger partial charge in [-0.1, -0.05) is 24.6 Å². The van der Waals surface area contributed by atoms with E-state index in [-0.39, 0.29) is 16.7 Å². The lowest BCUT2D eigenvalue weighted by Crippen LogP contribution is -2.53. The molecule has 0 spiro atoms. The molecule has 4 aliphatic rings. The van der Waals surface area contributed by atoms with Crippen LogP contribution >= 0.6 is 0 Å². The molecule has 138 valence electrons. The van der Waals surface area contributed by atoms with Crippen LogP contribution in [0.4, 0.5) is 0 Å². The number of amides is 1. The Hall–Kier alpha value is -1.32. The fourth-order valence-electron chi connectivity index (χ4n) is 7.13. The van der Waals surface area contributed by atoms with Crippen molar-refractivity contribution < 1.29 is 10.0 Å². The molecule has 6 atom stereocenters. The van der Waals surface area contributed by atoms with E-state index in [0.29, 0.717) is 6.04 Å². The summed E-state index contributed by atoms with van der Waals surface area (Å²) in [5.74, 6) is 2.40. The molecule has 0 saturated heterocycles. The van der Waals surface area contributed by atoms with Crippen LogP contribution in [0.15, 0.2) is 16.8 Å². The first kappa shape index (κ1) is 17.1. The van der Waals surface area contributed by atoms with Gasteiger partial charge in [-0.2, -0.15) is 0 Å². The SMILES string of the molecule is CC(=O)N[C@H]1CC[C@H]2[C@@H]3CCC4=C/C(=N/O)CC[C@]4(C)[C@H]3CC[C@]12C. The highest BCUT2D eigenvalue weighted by atomic mass is 16.4. The zero-order valence-electron chi connectivity index (χ0n) is 15.8. The number of nitrogens with zero attached hydrogens (tertiary/aromatic N) is 1. The van der Waals surface area contributed by atoms with Crippen LogP contribution in [0.1, 0.15) is 72.1 Å². The number of carbonyl (C=O) groups is 1. The molecule has 0 heterocycles. The van der Waals surface area contributed by atoms with Crippen LogP contribution in [0.5, 0.6) is 0 Å². The van der Waals surface area contributed by atoms with E-state index in [1.807, 2.05) is 0 Å². The summed E-state index contributed by atoms with van der Waals surface area (Å²) in [5, 5.41) is 15.9. The molecule has 0 radical (unpaired) electrons. The van der Waals surface area contributed by atoms with Gasteiger partial charge in [0.25, 0.3) is 0 Å². The average Bonchev–Trinajstić information content (AvgIpc) is 2.90. The highest BCUT2D eigenvalue weighted by Crippen LogP contribution is 2.65. The van der Waals surface area contributed by atoms with E-state index in [2.05, 4.69) is 30.4 Å². The average molecular weight is 344 g/mol. The van der Waals surface area contributed by atoms with Crippen molar-refractivity contribution in [3.8, 4) is 0 Å². The second-order valence-corrected chi connectivity index (χ2v) is 9.47. The minimum Gasteiger partial charge on any atom is -0.411 e. The molecule has 1 amide bonds. The molecule has 4 aliphatic carbocycles. The van der Waals surface area contributed by atoms with Gasteiger partial charge < -0.3 is 10.5 Å². The van der Waals surface area contributed by atoms with Gasteiger partial charge >= 0.3 is 0 Å². The second-order valence-electron chi connectivity index (χ2n) is 9.47. The van der Waals surface area contributed by atoms with E-state index < -0.39 is 0 Å². The van der Waals surface area contributed by atoms with Gasteiger partial charge in [-0.05, 0) is 86.0 Å². The van der Waals surface area contributed by atoms with Gasteiger partial charge in [0.05, 0.1) is 5.71 Å². The Morgan fingerprint density at radius 1 is 1.16 bits per heavy atom. The number of hydrogen-bond acceptors (Lipinski definition) is 3. The first-order valence-corrected chi connectivity index (χ1v) is 10.1. The molecular formula is C21H32N2O2. The summed E-state index contributed by atoms with van der Waals surface area (Å²) in [6.07, 6.45) is 11.5. The van der Waals surface area contributed by atoms with Gasteiger partial charge in [0.1, 0.15) is 0 Å². The number of hydrogen-bond donors (Lipinski definition) is 2. The molecule has 4 rings (SSSR count). The Bertz CT molecular complexity index is 640. The smallest absolute Gasteiger partial charge is 0.217 e. The summed E-state index contributed by atoms with van der Waals surface area (Å²) in [7, 11) is 0. The van der Waals surface area contributed by atoms with E-state index >= 15 is 0 Å². The molecule has 0 unspecified atom stereocenters. The Morgan fingerprint density at radius 2 is 1.96 bits per heavy atom. The Morgan fingerprint density at radius 3 is 2.68 bits per heavy atom. The van der Waals surface area contributed by atoms with Gasteiger partial charge in [-0.3, -0.25) is 4.79 Å². The number of allylic oxidation sites excluding steroid dienone is 2. The van der Waals surface area contributed by atoms with E-state index in [4.69, 9.17) is 5.21 Å². The summed E-state index contributed by atoms with van der Waals surface area (Å²) >= 11 is 0. The summed E-state index contributed by atoms with van der Waals surface area (Å²) in [6.45, 7) is 6.56. The predicted molar refractivity (Wildman–Crippen MR) is 98.5 cm³/mol. The number of oxime groups is 1. The number of nitrogens with one attached hydrogen (secondary N) is 1. The summed E-state index contributed by atoms with van der Waals surface area (Å²) in [6, 6.07) is 0.361. The fraction of sp³-hybridized carbons (Fsp3) is 0.810. The fourth-order valence-corrected chi connectivity index (χ4v) is 7.13. The third-order valence-corrected chi connectivity index (χ3v) is 8.48. The lowest BCUT2D eigenvalue weighted by Gasteiger charge is -2.58. The molecule has 4 heteroatoms. The minimum absolute atomic E-state index is 0.123. The first-order chi connectivity index (χ1) is 11.9. The summed E-state index contributed by atoms with van der Waals surface area (Å²) in [5.41, 5.74) is 2.94. The number of rotatable bonds is 1. The Balaban J connectivity index is 1.61. The highest BCUT2D eigenvalue weighted by Gasteiger charge is 2.58. The Kier molecular flexibility index (Phi) is 4.01. The van der Waals surface area contributed by atoms with E-state index in [0.717, 1.165) is 49.1 Å². The lowest BCUT2D eigenvalue weighted by molar-refractivity contribution is -0.121. The zero-order valence-corrected chi connectivity index (χ0v) is 15.8. The van der Waals surface area contributed by atoms with Crippen LogP contribution in [0.2, 0.25) is 0 Å². The van der Waals surface area contributed by atoms with Crippen molar-refractivity contribution in [2.45, 2.75) is 78.2 Å². The topological polar surface area (TPSA) is 61.7 Å². The third kappa shape index (κ3) is 2.47. The standard InChI is InChI=1S/C21H32N2O2/c1-13(24)22-19-7-6-17-16-5-4-14-12-15(23-25)8-10-20(14,2)18(16)9-11-21(17,19)3/h12,16-19,25H,4-11H2,1-3H3,(H,22,24)/b23-15+/t16-,17-,18-,19-,20-,21-/m0/s1. The molecule has 0 aromatic heterocycles. The predicted octanol–water partition coefficient (Wildman–Crippen LogP) is 4.28. The summed E-state index contributed by atoms with van der Waals surface area (Å²) in [4.78, 5) is 11.6. The number of fused-ring (bicyclic) bond motifs is 5. The maximum atomic E-state index is 11.6. The van der Waals surface area contributed by atoms with Crippen molar-refractivity contribution in [1.82, 2.24) is 5.32 Å². The summed E-state index contributed by atoms with van der Waals surface area (Å²) < 4.78 is 0. The van der Waals surface area contributed by atoms with Crippen molar-refractivity contribution in [2.24, 2.45) is 33.7 Å². The van der Waals surface area contributed by atoms with Crippen LogP contribution in [-0.4, -0.2) is 22.9 Å². The van der Waals surface area contributed by atoms with Crippen molar-refractivity contribution in [2.75, 3.05) is 0 Å². The molecule has 0 aromatic carbocycles. The second kappa shape index (κ2) is 5.85. The normalized spacial score (nSPS) is 47.5. The monoisotopic (exact) mass is 344 g/mol. The van der Waals surface area contributed by atoms with Crippen molar-refractivity contribution in [3.63, 3.8) is 0 Å². The molecule has 0 bridgehead atoms. The Labute approximate surface area is 151 Å². The largest absolute Gasteiger partial charge is 0.411 e. The minimum atomic E-state index is 0.123. The van der Waals surface area contributed by atoms with Crippen molar-refractivity contribution in [3.05, 3.63) is 11.6 Å². The maximum absolute atomic E-state index is 11.6. The maximum Gasteiger partial charge on any atom is 0.217 e. The van der Waals surface area contributed by atoms with Crippen LogP contribution in [-0.2, 0) is 4.79 Å². The molecule has 0 aromatic rings. The molecule has 0 aliphatic heterocycles. The molecule has 25 heavy (non-hydrogen) atoms. The van der Waals surface area contributed by atoms with Crippen LogP contribution in [0, 0.1) is 28.6 Å². The van der Waals surface area contributed by atoms with Gasteiger partial charge in [0.2, 0.25) is 5.91 Å². The first-order valence-electron chi connectivity index (χ1n) is 10.1. The lowest BCUT2D eigenvalue weighted by atomic mass is 9.47. The zero-order chi connectivity index (χ0) is 17.8. The van der Waals surface area contributed by atoms with Crippen molar-refractivity contribution in [1.29, 1.82) is 0 Å². The molecule has 4 nitrogen and oxygen atoms in total. The molecular weight excluding hydrogens is 312 g/mol. The van der Waals surface area contributed by atoms with Crippen molar-refractivity contribution >= 4 is 11.6 Å². The quantitative estimate of drug-likeness (QED) is 0.551.